The van der Waals surface area contributed by atoms with E-state index in [1.807, 2.05) is 39.8 Å². The van der Waals surface area contributed by atoms with E-state index in [0.29, 0.717) is 18.8 Å². The summed E-state index contributed by atoms with van der Waals surface area (Å²) in [5, 5.41) is 10.3. The predicted octanol–water partition coefficient (Wildman–Crippen LogP) is 2.42. The number of carbonyl (C=O) groups excluding carboxylic acids is 1. The summed E-state index contributed by atoms with van der Waals surface area (Å²) < 4.78 is 7.11. The van der Waals surface area contributed by atoms with Gasteiger partial charge in [-0.05, 0) is 44.0 Å². The van der Waals surface area contributed by atoms with Gasteiger partial charge < -0.3 is 18.8 Å². The molecule has 29 heavy (non-hydrogen) atoms. The van der Waals surface area contributed by atoms with E-state index in [-0.39, 0.29) is 24.0 Å². The van der Waals surface area contributed by atoms with Crippen molar-refractivity contribution in [1.29, 1.82) is 0 Å². The second-order valence-electron chi connectivity index (χ2n) is 8.34. The maximum absolute atomic E-state index is 13.2. The zero-order valence-electron chi connectivity index (χ0n) is 16.4. The number of aliphatic hydroxyl groups is 1. The summed E-state index contributed by atoms with van der Waals surface area (Å²) >= 11 is 0. The first-order valence-corrected chi connectivity index (χ1v) is 10.3. The van der Waals surface area contributed by atoms with Crippen molar-refractivity contribution in [2.75, 3.05) is 26.2 Å². The zero-order valence-corrected chi connectivity index (χ0v) is 16.4. The summed E-state index contributed by atoms with van der Waals surface area (Å²) in [5.74, 6) is -0.0333. The molecule has 3 aromatic rings. The quantitative estimate of drug-likeness (QED) is 0.736. The summed E-state index contributed by atoms with van der Waals surface area (Å²) in [7, 11) is 0. The van der Waals surface area contributed by atoms with E-state index in [0.717, 1.165) is 43.6 Å². The van der Waals surface area contributed by atoms with Crippen LogP contribution in [0.2, 0.25) is 0 Å². The SMILES string of the molecule is O=C(c1cn2ccccc2n1)N1CC[C@@]2(CO)CCCN(Cc3ccoc3)[C@@H]2C1. The number of pyridine rings is 1. The number of nitrogens with zero attached hydrogens (tertiary/aromatic N) is 4. The molecule has 2 atom stereocenters. The number of likely N-dealkylation sites (tertiary alicyclic amines) is 2. The molecule has 1 N–H and O–H groups in total. The summed E-state index contributed by atoms with van der Waals surface area (Å²) in [6.45, 7) is 3.18. The van der Waals surface area contributed by atoms with Crippen LogP contribution in [-0.2, 0) is 6.54 Å². The molecule has 2 aliphatic heterocycles. The zero-order chi connectivity index (χ0) is 19.8. The van der Waals surface area contributed by atoms with Crippen molar-refractivity contribution in [2.45, 2.75) is 31.8 Å². The molecule has 2 aliphatic rings. The Morgan fingerprint density at radius 3 is 3.00 bits per heavy atom. The van der Waals surface area contributed by atoms with E-state index in [4.69, 9.17) is 4.42 Å². The molecular weight excluding hydrogens is 368 g/mol. The number of amides is 1. The van der Waals surface area contributed by atoms with Gasteiger partial charge in [-0.15, -0.1) is 0 Å². The number of aromatic nitrogens is 2. The Morgan fingerprint density at radius 1 is 1.28 bits per heavy atom. The van der Waals surface area contributed by atoms with Crippen LogP contribution >= 0.6 is 0 Å². The van der Waals surface area contributed by atoms with Gasteiger partial charge in [0.1, 0.15) is 11.3 Å². The van der Waals surface area contributed by atoms with Crippen molar-refractivity contribution < 1.29 is 14.3 Å². The molecule has 152 valence electrons. The van der Waals surface area contributed by atoms with E-state index >= 15 is 0 Å². The fourth-order valence-corrected chi connectivity index (χ4v) is 5.06. The van der Waals surface area contributed by atoms with Crippen molar-refractivity contribution >= 4 is 11.6 Å². The first kappa shape index (κ1) is 18.4. The third kappa shape index (κ3) is 3.24. The largest absolute Gasteiger partial charge is 0.472 e. The molecule has 1 amide bonds. The lowest BCUT2D eigenvalue weighted by Crippen LogP contribution is -2.63. The number of fused-ring (bicyclic) bond motifs is 2. The number of piperidine rings is 2. The van der Waals surface area contributed by atoms with Crippen molar-refractivity contribution in [2.24, 2.45) is 5.41 Å². The minimum Gasteiger partial charge on any atom is -0.472 e. The molecule has 0 aliphatic carbocycles. The minimum atomic E-state index is -0.141. The predicted molar refractivity (Wildman–Crippen MR) is 107 cm³/mol. The average Bonchev–Trinajstić information content (AvgIpc) is 3.42. The summed E-state index contributed by atoms with van der Waals surface area (Å²) in [5.41, 5.74) is 2.24. The van der Waals surface area contributed by atoms with E-state index in [1.165, 1.54) is 0 Å². The Kier molecular flexibility index (Phi) is 4.64. The molecule has 7 nitrogen and oxygen atoms in total. The van der Waals surface area contributed by atoms with Crippen LogP contribution in [0.25, 0.3) is 5.65 Å². The van der Waals surface area contributed by atoms with E-state index in [9.17, 15) is 9.90 Å². The molecule has 2 saturated heterocycles. The van der Waals surface area contributed by atoms with Gasteiger partial charge in [-0.2, -0.15) is 0 Å². The molecule has 5 heterocycles. The van der Waals surface area contributed by atoms with Crippen molar-refractivity contribution in [3.8, 4) is 0 Å². The van der Waals surface area contributed by atoms with E-state index < -0.39 is 0 Å². The first-order chi connectivity index (χ1) is 14.2. The fourth-order valence-electron chi connectivity index (χ4n) is 5.06. The number of furan rings is 1. The van der Waals surface area contributed by atoms with Crippen LogP contribution in [0.3, 0.4) is 0 Å². The normalized spacial score (nSPS) is 25.3. The van der Waals surface area contributed by atoms with Gasteiger partial charge in [0.2, 0.25) is 0 Å². The fraction of sp³-hybridized carbons (Fsp3) is 0.455. The molecule has 0 unspecified atom stereocenters. The van der Waals surface area contributed by atoms with Gasteiger partial charge in [-0.1, -0.05) is 6.07 Å². The number of hydrogen-bond acceptors (Lipinski definition) is 5. The van der Waals surface area contributed by atoms with Crippen molar-refractivity contribution in [3.05, 3.63) is 60.4 Å². The Labute approximate surface area is 169 Å². The van der Waals surface area contributed by atoms with Gasteiger partial charge in [0.25, 0.3) is 5.91 Å². The number of aliphatic hydroxyl groups excluding tert-OH is 1. The second kappa shape index (κ2) is 7.31. The van der Waals surface area contributed by atoms with Crippen LogP contribution in [0, 0.1) is 5.41 Å². The van der Waals surface area contributed by atoms with E-state index in [1.54, 1.807) is 18.7 Å². The van der Waals surface area contributed by atoms with Crippen LogP contribution in [0.5, 0.6) is 0 Å². The van der Waals surface area contributed by atoms with Crippen molar-refractivity contribution in [1.82, 2.24) is 19.2 Å². The highest BCUT2D eigenvalue weighted by atomic mass is 16.3. The Balaban J connectivity index is 1.39. The Hall–Kier alpha value is -2.64. The molecule has 0 aromatic carbocycles. The number of hydrogen-bond donors (Lipinski definition) is 1. The third-order valence-corrected chi connectivity index (χ3v) is 6.69. The smallest absolute Gasteiger partial charge is 0.274 e. The minimum absolute atomic E-state index is 0.0333. The Morgan fingerprint density at radius 2 is 2.21 bits per heavy atom. The molecule has 0 radical (unpaired) electrons. The van der Waals surface area contributed by atoms with Crippen LogP contribution < -0.4 is 0 Å². The summed E-state index contributed by atoms with van der Waals surface area (Å²) in [6, 6.07) is 7.86. The molecular formula is C22H26N4O3. The van der Waals surface area contributed by atoms with Gasteiger partial charge in [0, 0.05) is 49.0 Å². The maximum Gasteiger partial charge on any atom is 0.274 e. The lowest BCUT2D eigenvalue weighted by molar-refractivity contribution is -0.0727. The molecule has 0 bridgehead atoms. The average molecular weight is 394 g/mol. The van der Waals surface area contributed by atoms with Gasteiger partial charge in [-0.25, -0.2) is 4.98 Å². The monoisotopic (exact) mass is 394 g/mol. The van der Waals surface area contributed by atoms with E-state index in [2.05, 4.69) is 9.88 Å². The van der Waals surface area contributed by atoms with Crippen LogP contribution in [0.1, 0.15) is 35.3 Å². The van der Waals surface area contributed by atoms with Gasteiger partial charge >= 0.3 is 0 Å². The topological polar surface area (TPSA) is 74.2 Å². The lowest BCUT2D eigenvalue weighted by Gasteiger charge is -2.54. The summed E-state index contributed by atoms with van der Waals surface area (Å²) in [4.78, 5) is 22.0. The molecule has 2 fully saturated rings. The molecule has 0 spiro atoms. The standard InChI is InChI=1S/C22H26N4O3/c27-16-22-6-3-9-24(12-17-5-11-29-15-17)19(22)14-26(10-7-22)21(28)18-13-25-8-2-1-4-20(25)23-18/h1-2,4-5,8,11,13,15,19,27H,3,6-7,9-10,12,14,16H2/t19-,22-/m1/s1. The van der Waals surface area contributed by atoms with Crippen LogP contribution in [0.4, 0.5) is 0 Å². The maximum atomic E-state index is 13.2. The van der Waals surface area contributed by atoms with Gasteiger partial charge in [0.15, 0.2) is 0 Å². The highest BCUT2D eigenvalue weighted by Crippen LogP contribution is 2.42. The lowest BCUT2D eigenvalue weighted by atomic mass is 9.69. The van der Waals surface area contributed by atoms with Crippen molar-refractivity contribution in [3.63, 3.8) is 0 Å². The van der Waals surface area contributed by atoms with Gasteiger partial charge in [-0.3, -0.25) is 9.69 Å². The number of imidazole rings is 1. The second-order valence-corrected chi connectivity index (χ2v) is 8.34. The first-order valence-electron chi connectivity index (χ1n) is 10.3. The summed E-state index contributed by atoms with van der Waals surface area (Å²) in [6.07, 6.45) is 10.1. The van der Waals surface area contributed by atoms with Crippen LogP contribution in [0.15, 0.2) is 53.6 Å². The molecule has 5 rings (SSSR count). The van der Waals surface area contributed by atoms with Gasteiger partial charge in [0.05, 0.1) is 19.1 Å². The molecule has 0 saturated carbocycles. The number of rotatable bonds is 4. The Bertz CT molecular complexity index is 966. The molecule has 3 aromatic heterocycles. The highest BCUT2D eigenvalue weighted by Gasteiger charge is 2.48. The third-order valence-electron chi connectivity index (χ3n) is 6.69. The van der Waals surface area contributed by atoms with Crippen LogP contribution in [-0.4, -0.2) is 62.5 Å². The number of carbonyl (C=O) groups is 1. The highest BCUT2D eigenvalue weighted by molar-refractivity contribution is 5.93. The molecule has 7 heteroatoms.